The molecule has 0 aromatic heterocycles. The van der Waals surface area contributed by atoms with E-state index in [1.54, 1.807) is 12.1 Å². The van der Waals surface area contributed by atoms with E-state index in [0.717, 1.165) is 5.56 Å². The van der Waals surface area contributed by atoms with Gasteiger partial charge in [0, 0.05) is 24.4 Å². The molecule has 1 amide bonds. The van der Waals surface area contributed by atoms with Gasteiger partial charge in [-0.2, -0.15) is 0 Å². The Kier molecular flexibility index (Phi) is 5.55. The molecule has 0 saturated heterocycles. The molecule has 0 heterocycles. The van der Waals surface area contributed by atoms with Crippen LogP contribution in [0.25, 0.3) is 6.08 Å². The van der Waals surface area contributed by atoms with E-state index in [1.807, 2.05) is 48.5 Å². The van der Waals surface area contributed by atoms with Gasteiger partial charge in [-0.1, -0.05) is 36.4 Å². The normalized spacial score (nSPS) is 10.5. The maximum atomic E-state index is 11.9. The first-order chi connectivity index (χ1) is 10.3. The van der Waals surface area contributed by atoms with Crippen molar-refractivity contribution in [2.24, 2.45) is 5.73 Å². The van der Waals surface area contributed by atoms with E-state index in [-0.39, 0.29) is 5.91 Å². The van der Waals surface area contributed by atoms with Crippen LogP contribution in [0, 0.1) is 0 Å². The lowest BCUT2D eigenvalue weighted by molar-refractivity contribution is -0.111. The van der Waals surface area contributed by atoms with Crippen molar-refractivity contribution < 1.29 is 9.53 Å². The van der Waals surface area contributed by atoms with Crippen molar-refractivity contribution in [1.82, 2.24) is 0 Å². The van der Waals surface area contributed by atoms with Gasteiger partial charge in [-0.3, -0.25) is 4.79 Å². The molecule has 0 aliphatic carbocycles. The summed E-state index contributed by atoms with van der Waals surface area (Å²) in [7, 11) is 0. The van der Waals surface area contributed by atoms with Crippen LogP contribution in [0.2, 0.25) is 0 Å². The van der Waals surface area contributed by atoms with Gasteiger partial charge >= 0.3 is 0 Å². The van der Waals surface area contributed by atoms with Gasteiger partial charge in [0.2, 0.25) is 5.91 Å². The maximum absolute atomic E-state index is 11.9. The van der Waals surface area contributed by atoms with Crippen LogP contribution in [-0.2, 0) is 4.79 Å². The van der Waals surface area contributed by atoms with Gasteiger partial charge in [0.05, 0.1) is 0 Å². The lowest BCUT2D eigenvalue weighted by Gasteiger charge is -2.07. The molecule has 0 aliphatic heterocycles. The Bertz CT molecular complexity index is 609. The highest BCUT2D eigenvalue weighted by Gasteiger charge is 2.00. The fraction of sp³-hybridized carbons (Fsp3) is 0.118. The highest BCUT2D eigenvalue weighted by molar-refractivity contribution is 6.02. The minimum Gasteiger partial charge on any atom is -0.492 e. The van der Waals surface area contributed by atoms with Gasteiger partial charge in [0.15, 0.2) is 0 Å². The largest absolute Gasteiger partial charge is 0.492 e. The number of carbonyl (C=O) groups is 1. The van der Waals surface area contributed by atoms with E-state index < -0.39 is 0 Å². The van der Waals surface area contributed by atoms with Gasteiger partial charge in [-0.15, -0.1) is 0 Å². The first-order valence-electron chi connectivity index (χ1n) is 6.75. The van der Waals surface area contributed by atoms with E-state index in [4.69, 9.17) is 10.5 Å². The molecule has 3 N–H and O–H groups in total. The zero-order valence-electron chi connectivity index (χ0n) is 11.7. The number of carbonyl (C=O) groups excluding carboxylic acids is 1. The molecule has 0 saturated carbocycles. The molecule has 0 aliphatic rings. The first-order valence-corrected chi connectivity index (χ1v) is 6.75. The molecule has 4 heteroatoms. The molecule has 0 unspecified atom stereocenters. The topological polar surface area (TPSA) is 64.3 Å². The lowest BCUT2D eigenvalue weighted by atomic mass is 10.2. The van der Waals surface area contributed by atoms with Gasteiger partial charge in [-0.05, 0) is 23.8 Å². The zero-order chi connectivity index (χ0) is 14.9. The lowest BCUT2D eigenvalue weighted by Crippen LogP contribution is -2.11. The number of amides is 1. The van der Waals surface area contributed by atoms with Crippen LogP contribution in [0.1, 0.15) is 5.56 Å². The second kappa shape index (κ2) is 7.87. The third-order valence-corrected chi connectivity index (χ3v) is 2.71. The van der Waals surface area contributed by atoms with Gasteiger partial charge in [-0.25, -0.2) is 0 Å². The number of hydrogen-bond acceptors (Lipinski definition) is 3. The summed E-state index contributed by atoms with van der Waals surface area (Å²) in [5.74, 6) is 0.500. The molecule has 4 nitrogen and oxygen atoms in total. The van der Waals surface area contributed by atoms with Crippen LogP contribution < -0.4 is 15.8 Å². The number of anilines is 1. The second-order valence-corrected chi connectivity index (χ2v) is 4.40. The van der Waals surface area contributed by atoms with Crippen molar-refractivity contribution in [2.45, 2.75) is 0 Å². The monoisotopic (exact) mass is 282 g/mol. The van der Waals surface area contributed by atoms with Crippen LogP contribution in [-0.4, -0.2) is 19.1 Å². The molecule has 2 aromatic carbocycles. The molecule has 2 rings (SSSR count). The Morgan fingerprint density at radius 3 is 2.71 bits per heavy atom. The van der Waals surface area contributed by atoms with Crippen molar-refractivity contribution in [3.63, 3.8) is 0 Å². The van der Waals surface area contributed by atoms with Crippen LogP contribution in [0.15, 0.2) is 60.7 Å². The fourth-order valence-corrected chi connectivity index (χ4v) is 1.76. The predicted molar refractivity (Wildman–Crippen MR) is 85.1 cm³/mol. The predicted octanol–water partition coefficient (Wildman–Crippen LogP) is 2.68. The number of ether oxygens (including phenoxy) is 1. The number of rotatable bonds is 6. The SMILES string of the molecule is NCCOc1cccc(NC(=O)C=Cc2ccccc2)c1. The van der Waals surface area contributed by atoms with Gasteiger partial charge in [0.1, 0.15) is 12.4 Å². The molecule has 0 radical (unpaired) electrons. The third kappa shape index (κ3) is 5.12. The van der Waals surface area contributed by atoms with Crippen molar-refractivity contribution in [2.75, 3.05) is 18.5 Å². The van der Waals surface area contributed by atoms with Crippen LogP contribution in [0.5, 0.6) is 5.75 Å². The number of hydrogen-bond donors (Lipinski definition) is 2. The minimum atomic E-state index is -0.185. The van der Waals surface area contributed by atoms with Crippen LogP contribution in [0.3, 0.4) is 0 Å². The molecule has 0 bridgehead atoms. The van der Waals surface area contributed by atoms with Crippen LogP contribution >= 0.6 is 0 Å². The molecular formula is C17H18N2O2. The molecular weight excluding hydrogens is 264 g/mol. The highest BCUT2D eigenvalue weighted by Crippen LogP contribution is 2.17. The molecule has 108 valence electrons. The van der Waals surface area contributed by atoms with E-state index in [2.05, 4.69) is 5.32 Å². The fourth-order valence-electron chi connectivity index (χ4n) is 1.76. The summed E-state index contributed by atoms with van der Waals surface area (Å²) in [5.41, 5.74) is 7.05. The summed E-state index contributed by atoms with van der Waals surface area (Å²) in [6.07, 6.45) is 3.27. The van der Waals surface area contributed by atoms with Crippen molar-refractivity contribution in [3.8, 4) is 5.75 Å². The third-order valence-electron chi connectivity index (χ3n) is 2.71. The number of nitrogens with one attached hydrogen (secondary N) is 1. The summed E-state index contributed by atoms with van der Waals surface area (Å²) in [5, 5.41) is 2.79. The summed E-state index contributed by atoms with van der Waals surface area (Å²) in [6, 6.07) is 16.9. The Hall–Kier alpha value is -2.59. The molecule has 21 heavy (non-hydrogen) atoms. The van der Waals surface area contributed by atoms with E-state index >= 15 is 0 Å². The number of nitrogens with two attached hydrogens (primary N) is 1. The molecule has 2 aromatic rings. The van der Waals surface area contributed by atoms with Crippen molar-refractivity contribution in [3.05, 3.63) is 66.2 Å². The van der Waals surface area contributed by atoms with E-state index in [9.17, 15) is 4.79 Å². The maximum Gasteiger partial charge on any atom is 0.248 e. The van der Waals surface area contributed by atoms with Gasteiger partial charge in [0.25, 0.3) is 0 Å². The number of benzene rings is 2. The molecule has 0 fully saturated rings. The average molecular weight is 282 g/mol. The Morgan fingerprint density at radius 1 is 1.14 bits per heavy atom. The van der Waals surface area contributed by atoms with Crippen molar-refractivity contribution in [1.29, 1.82) is 0 Å². The Balaban J connectivity index is 1.95. The zero-order valence-corrected chi connectivity index (χ0v) is 11.7. The van der Waals surface area contributed by atoms with E-state index in [0.29, 0.717) is 24.6 Å². The quantitative estimate of drug-likeness (QED) is 0.801. The molecule has 0 atom stereocenters. The van der Waals surface area contributed by atoms with Crippen LogP contribution in [0.4, 0.5) is 5.69 Å². The molecule has 0 spiro atoms. The summed E-state index contributed by atoms with van der Waals surface area (Å²) < 4.78 is 5.41. The summed E-state index contributed by atoms with van der Waals surface area (Å²) in [4.78, 5) is 11.9. The standard InChI is InChI=1S/C17H18N2O2/c18-11-12-21-16-8-4-7-15(13-16)19-17(20)10-9-14-5-2-1-3-6-14/h1-10,13H,11-12,18H2,(H,19,20). The van der Waals surface area contributed by atoms with Crippen molar-refractivity contribution >= 4 is 17.7 Å². The highest BCUT2D eigenvalue weighted by atomic mass is 16.5. The minimum absolute atomic E-state index is 0.185. The Morgan fingerprint density at radius 2 is 1.95 bits per heavy atom. The van der Waals surface area contributed by atoms with E-state index in [1.165, 1.54) is 6.08 Å². The summed E-state index contributed by atoms with van der Waals surface area (Å²) in [6.45, 7) is 0.904. The second-order valence-electron chi connectivity index (χ2n) is 4.40. The van der Waals surface area contributed by atoms with Gasteiger partial charge < -0.3 is 15.8 Å². The average Bonchev–Trinajstić information content (AvgIpc) is 2.52. The first kappa shape index (κ1) is 14.8. The smallest absolute Gasteiger partial charge is 0.248 e. The Labute approximate surface area is 124 Å². The summed E-state index contributed by atoms with van der Waals surface area (Å²) >= 11 is 0.